The van der Waals surface area contributed by atoms with E-state index >= 15 is 0 Å². The number of carbonyl (C=O) groups excluding carboxylic acids is 1. The molecule has 0 aromatic carbocycles. The minimum absolute atomic E-state index is 0.0394. The molecule has 0 saturated carbocycles. The van der Waals surface area contributed by atoms with Crippen molar-refractivity contribution in [2.24, 2.45) is 0 Å². The first-order valence-electron chi connectivity index (χ1n) is 19.0. The number of ether oxygens (including phenoxy) is 1. The van der Waals surface area contributed by atoms with E-state index in [1.54, 1.807) is 0 Å². The third-order valence-corrected chi connectivity index (χ3v) is 9.18. The maximum atomic E-state index is 12.9. The van der Waals surface area contributed by atoms with Gasteiger partial charge in [0.15, 0.2) is 0 Å². The molecule has 0 aromatic rings. The number of aliphatic hydroxyl groups excluding tert-OH is 2. The number of ketones is 1. The molecule has 0 aromatic heterocycles. The number of phosphoric acid groups is 1. The number of aliphatic hydroxyl groups is 2. The highest BCUT2D eigenvalue weighted by molar-refractivity contribution is 7.46. The summed E-state index contributed by atoms with van der Waals surface area (Å²) in [7, 11) is -4.83. The van der Waals surface area contributed by atoms with Crippen molar-refractivity contribution in [2.45, 2.75) is 206 Å². The maximum absolute atomic E-state index is 12.9. The molecule has 8 nitrogen and oxygen atoms in total. The zero-order valence-corrected chi connectivity index (χ0v) is 30.7. The van der Waals surface area contributed by atoms with Gasteiger partial charge in [-0.05, 0) is 38.5 Å². The van der Waals surface area contributed by atoms with Gasteiger partial charge in [-0.1, -0.05) is 148 Å². The van der Waals surface area contributed by atoms with Gasteiger partial charge in [-0.25, -0.2) is 4.57 Å². The Balaban J connectivity index is 4.52. The van der Waals surface area contributed by atoms with Crippen LogP contribution < -0.4 is 0 Å². The monoisotopic (exact) mass is 677 g/mol. The van der Waals surface area contributed by atoms with Crippen LogP contribution in [0.15, 0.2) is 12.2 Å². The molecule has 9 heteroatoms. The summed E-state index contributed by atoms with van der Waals surface area (Å²) in [6.07, 6.45) is 30.3. The van der Waals surface area contributed by atoms with Crippen LogP contribution in [0.4, 0.5) is 0 Å². The summed E-state index contributed by atoms with van der Waals surface area (Å²) in [5.74, 6) is -0.0404. The summed E-state index contributed by atoms with van der Waals surface area (Å²) in [5, 5.41) is 19.0. The molecular formula is C37H73O8P. The Morgan fingerprint density at radius 3 is 1.54 bits per heavy atom. The first-order chi connectivity index (χ1) is 22.2. The van der Waals surface area contributed by atoms with E-state index in [1.165, 1.54) is 103 Å². The minimum Gasteiger partial charge on any atom is -0.394 e. The van der Waals surface area contributed by atoms with Crippen LogP contribution in [0.1, 0.15) is 187 Å². The van der Waals surface area contributed by atoms with Crippen molar-refractivity contribution >= 4 is 13.6 Å². The molecule has 274 valence electrons. The van der Waals surface area contributed by atoms with E-state index in [-0.39, 0.29) is 18.8 Å². The van der Waals surface area contributed by atoms with E-state index < -0.39 is 32.7 Å². The summed E-state index contributed by atoms with van der Waals surface area (Å²) in [6.45, 7) is 3.73. The molecule has 46 heavy (non-hydrogen) atoms. The van der Waals surface area contributed by atoms with Crippen LogP contribution in [-0.4, -0.2) is 57.3 Å². The zero-order chi connectivity index (χ0) is 34.1. The summed E-state index contributed by atoms with van der Waals surface area (Å²) in [5.41, 5.74) is 0. The van der Waals surface area contributed by atoms with Gasteiger partial charge in [0.05, 0.1) is 25.4 Å². The summed E-state index contributed by atoms with van der Waals surface area (Å²) in [6, 6.07) is 0. The molecule has 0 saturated heterocycles. The quantitative estimate of drug-likeness (QED) is 0.0293. The number of phosphoric ester groups is 1. The molecule has 2 unspecified atom stereocenters. The van der Waals surface area contributed by atoms with Gasteiger partial charge in [-0.15, -0.1) is 0 Å². The third kappa shape index (κ3) is 32.0. The topological polar surface area (TPSA) is 134 Å². The van der Waals surface area contributed by atoms with E-state index in [4.69, 9.17) is 9.26 Å². The Morgan fingerprint density at radius 1 is 0.652 bits per heavy atom. The van der Waals surface area contributed by atoms with Crippen molar-refractivity contribution in [2.75, 3.05) is 13.2 Å². The highest BCUT2D eigenvalue weighted by atomic mass is 31.2. The average molecular weight is 677 g/mol. The normalized spacial score (nSPS) is 14.2. The van der Waals surface area contributed by atoms with Crippen molar-refractivity contribution in [3.05, 3.63) is 12.2 Å². The Kier molecular flexibility index (Phi) is 32.5. The van der Waals surface area contributed by atoms with Gasteiger partial charge in [0.1, 0.15) is 11.9 Å². The second-order valence-corrected chi connectivity index (χ2v) is 14.4. The fraction of sp³-hybridized carbons (Fsp3) is 0.919. The minimum atomic E-state index is -4.83. The van der Waals surface area contributed by atoms with Crippen molar-refractivity contribution in [1.29, 1.82) is 0 Å². The van der Waals surface area contributed by atoms with Crippen LogP contribution in [0, 0.1) is 0 Å². The standard InChI is InChI=1S/C37H73O8P/c1-3-5-7-9-11-13-15-17-19-21-23-25-27-29-34(39)31-37(44-33-35(40)32-38)36(45-46(41,42)43)30-28-26-24-22-20-18-16-14-12-10-8-6-4-2/h18,20,35-38,40H,3-17,19,21-33H2,1-2H3,(H2,41,42,43)/t35-,36?,37?/m0/s1. The maximum Gasteiger partial charge on any atom is 0.469 e. The van der Waals surface area contributed by atoms with Gasteiger partial charge >= 0.3 is 7.82 Å². The lowest BCUT2D eigenvalue weighted by Gasteiger charge is -2.28. The molecule has 0 rings (SSSR count). The molecule has 4 N–H and O–H groups in total. The van der Waals surface area contributed by atoms with Gasteiger partial charge in [0, 0.05) is 12.8 Å². The number of Topliss-reactive ketones (excluding diaryl/α,β-unsaturated/α-hetero) is 1. The Bertz CT molecular complexity index is 741. The molecule has 0 aliphatic carbocycles. The van der Waals surface area contributed by atoms with Crippen LogP contribution >= 0.6 is 7.82 Å². The molecule has 0 heterocycles. The lowest BCUT2D eigenvalue weighted by atomic mass is 9.98. The first kappa shape index (κ1) is 45.4. The number of rotatable bonds is 36. The molecule has 0 fully saturated rings. The van der Waals surface area contributed by atoms with Crippen molar-refractivity contribution in [1.82, 2.24) is 0 Å². The Hall–Kier alpha value is -0.600. The Labute approximate surface area is 282 Å². The molecule has 0 radical (unpaired) electrons. The number of allylic oxidation sites excluding steroid dienone is 2. The van der Waals surface area contributed by atoms with Gasteiger partial charge in [0.2, 0.25) is 0 Å². The number of carbonyl (C=O) groups is 1. The van der Waals surface area contributed by atoms with Crippen LogP contribution in [0.5, 0.6) is 0 Å². The largest absolute Gasteiger partial charge is 0.469 e. The predicted octanol–water partition coefficient (Wildman–Crippen LogP) is 9.90. The first-order valence-corrected chi connectivity index (χ1v) is 20.6. The highest BCUT2D eigenvalue weighted by Crippen LogP contribution is 2.40. The van der Waals surface area contributed by atoms with Crippen LogP contribution in [0.2, 0.25) is 0 Å². The van der Waals surface area contributed by atoms with Crippen LogP contribution in [0.3, 0.4) is 0 Å². The van der Waals surface area contributed by atoms with Crippen LogP contribution in [-0.2, 0) is 18.6 Å². The van der Waals surface area contributed by atoms with Gasteiger partial charge in [0.25, 0.3) is 0 Å². The van der Waals surface area contributed by atoms with Gasteiger partial charge < -0.3 is 24.7 Å². The lowest BCUT2D eigenvalue weighted by Crippen LogP contribution is -2.36. The number of hydrogen-bond acceptors (Lipinski definition) is 6. The SMILES string of the molecule is CCCCCCCCC=CCCCCCC(OP(=O)(O)O)C(CC(=O)CCCCCCCCCCCCCCC)OC[C@@H](O)CO. The van der Waals surface area contributed by atoms with Gasteiger partial charge in [-0.2, -0.15) is 0 Å². The molecule has 0 aliphatic heterocycles. The molecule has 0 amide bonds. The molecule has 3 atom stereocenters. The fourth-order valence-corrected chi connectivity index (χ4v) is 6.39. The fourth-order valence-electron chi connectivity index (χ4n) is 5.80. The van der Waals surface area contributed by atoms with Crippen molar-refractivity contribution < 1.29 is 38.6 Å². The van der Waals surface area contributed by atoms with Crippen LogP contribution in [0.25, 0.3) is 0 Å². The van der Waals surface area contributed by atoms with E-state index in [0.29, 0.717) is 19.3 Å². The zero-order valence-electron chi connectivity index (χ0n) is 29.8. The molecular weight excluding hydrogens is 603 g/mol. The summed E-state index contributed by atoms with van der Waals surface area (Å²) in [4.78, 5) is 32.0. The number of hydrogen-bond donors (Lipinski definition) is 4. The van der Waals surface area contributed by atoms with Crippen molar-refractivity contribution in [3.63, 3.8) is 0 Å². The molecule has 0 aliphatic rings. The van der Waals surface area contributed by atoms with Crippen molar-refractivity contribution in [3.8, 4) is 0 Å². The van der Waals surface area contributed by atoms with E-state index in [9.17, 15) is 29.4 Å². The summed E-state index contributed by atoms with van der Waals surface area (Å²) < 4.78 is 22.7. The molecule has 0 spiro atoms. The average Bonchev–Trinajstić information content (AvgIpc) is 3.02. The van der Waals surface area contributed by atoms with E-state index in [0.717, 1.165) is 44.9 Å². The second kappa shape index (κ2) is 32.9. The van der Waals surface area contributed by atoms with Gasteiger partial charge in [-0.3, -0.25) is 9.32 Å². The lowest BCUT2D eigenvalue weighted by molar-refractivity contribution is -0.127. The molecule has 0 bridgehead atoms. The predicted molar refractivity (Wildman–Crippen MR) is 190 cm³/mol. The Morgan fingerprint density at radius 2 is 1.09 bits per heavy atom. The number of unbranched alkanes of at least 4 members (excludes halogenated alkanes) is 21. The van der Waals surface area contributed by atoms with E-state index in [1.807, 2.05) is 0 Å². The van der Waals surface area contributed by atoms with E-state index in [2.05, 4.69) is 26.0 Å². The smallest absolute Gasteiger partial charge is 0.394 e. The third-order valence-electron chi connectivity index (χ3n) is 8.64. The summed E-state index contributed by atoms with van der Waals surface area (Å²) >= 11 is 0. The second-order valence-electron chi connectivity index (χ2n) is 13.2. The highest BCUT2D eigenvalue weighted by Gasteiger charge is 2.31.